The van der Waals surface area contributed by atoms with E-state index >= 15 is 0 Å². The van der Waals surface area contributed by atoms with Crippen LogP contribution in [0, 0.1) is 5.92 Å². The summed E-state index contributed by atoms with van der Waals surface area (Å²) >= 11 is 0. The van der Waals surface area contributed by atoms with Crippen LogP contribution in [0.2, 0.25) is 0 Å². The Hall–Kier alpha value is -4.02. The van der Waals surface area contributed by atoms with E-state index in [1.807, 2.05) is 0 Å². The van der Waals surface area contributed by atoms with Gasteiger partial charge in [0.05, 0.1) is 20.3 Å². The van der Waals surface area contributed by atoms with Crippen molar-refractivity contribution in [3.8, 4) is 5.75 Å². The van der Waals surface area contributed by atoms with E-state index in [0.717, 1.165) is 0 Å². The summed E-state index contributed by atoms with van der Waals surface area (Å²) in [7, 11) is 4.51. The number of hydrogen-bond donors (Lipinski definition) is 3. The van der Waals surface area contributed by atoms with Crippen LogP contribution in [0.5, 0.6) is 5.75 Å². The van der Waals surface area contributed by atoms with Gasteiger partial charge in [0, 0.05) is 31.5 Å². The molecule has 3 rings (SSSR count). The predicted octanol–water partition coefficient (Wildman–Crippen LogP) is 1.75. The van der Waals surface area contributed by atoms with Gasteiger partial charge in [-0.15, -0.1) is 0 Å². The first-order chi connectivity index (χ1) is 17.2. The Morgan fingerprint density at radius 3 is 2.44 bits per heavy atom. The molecule has 1 aliphatic rings. The lowest BCUT2D eigenvalue weighted by atomic mass is 10.0. The van der Waals surface area contributed by atoms with Crippen molar-refractivity contribution >= 4 is 29.5 Å². The average Bonchev–Trinajstić information content (AvgIpc) is 3.47. The summed E-state index contributed by atoms with van der Waals surface area (Å²) in [5.74, 6) is -1.16. The molecule has 2 aromatic rings. The highest BCUT2D eigenvalue weighted by Gasteiger charge is 2.44. The second-order valence-electron chi connectivity index (χ2n) is 8.93. The third-order valence-electron chi connectivity index (χ3n) is 6.15. The van der Waals surface area contributed by atoms with Gasteiger partial charge in [-0.2, -0.15) is 0 Å². The van der Waals surface area contributed by atoms with Gasteiger partial charge in [-0.05, 0) is 36.6 Å². The fraction of sp³-hybridized carbons (Fsp3) is 0.440. The maximum absolute atomic E-state index is 13.5. The molecule has 1 fully saturated rings. The molecule has 0 spiro atoms. The molecule has 36 heavy (non-hydrogen) atoms. The van der Waals surface area contributed by atoms with E-state index in [0.29, 0.717) is 23.6 Å². The van der Waals surface area contributed by atoms with Crippen LogP contribution in [0.15, 0.2) is 42.6 Å². The van der Waals surface area contributed by atoms with Gasteiger partial charge in [0.2, 0.25) is 5.91 Å². The third-order valence-corrected chi connectivity index (χ3v) is 6.15. The van der Waals surface area contributed by atoms with Crippen LogP contribution >= 0.6 is 0 Å². The molecule has 1 aromatic heterocycles. The van der Waals surface area contributed by atoms with Crippen molar-refractivity contribution in [3.63, 3.8) is 0 Å². The van der Waals surface area contributed by atoms with Gasteiger partial charge >= 0.3 is 12.0 Å². The van der Waals surface area contributed by atoms with Gasteiger partial charge in [-0.25, -0.2) is 9.59 Å². The molecule has 4 amide bonds. The first-order valence-electron chi connectivity index (χ1n) is 11.7. The number of urea groups is 1. The molecule has 0 radical (unpaired) electrons. The van der Waals surface area contributed by atoms with Crippen LogP contribution in [0.25, 0.3) is 0 Å². The normalized spacial score (nSPS) is 17.9. The van der Waals surface area contributed by atoms with E-state index in [1.54, 1.807) is 68.1 Å². The minimum atomic E-state index is -1.03. The molecule has 1 aromatic carbocycles. The summed E-state index contributed by atoms with van der Waals surface area (Å²) in [5.41, 5.74) is 0.913. The van der Waals surface area contributed by atoms with Gasteiger partial charge in [0.25, 0.3) is 5.91 Å². The second kappa shape index (κ2) is 11.6. The Kier molecular flexibility index (Phi) is 8.57. The standard InChI is InChI=1S/C25H33N5O6/c1-15(2)20(24(33)36-5)28-22(31)21-18(11-13-30(21)23(32)19-10-7-12-29(19)3)27-25(34)26-16-8-6-9-17(14-16)35-4/h6-10,12,14-15,18,20-21H,11,13H2,1-5H3,(H,28,31)(H2,26,27,34). The maximum atomic E-state index is 13.5. The molecule has 3 atom stereocenters. The Labute approximate surface area is 210 Å². The van der Waals surface area contributed by atoms with Crippen LogP contribution < -0.4 is 20.7 Å². The zero-order chi connectivity index (χ0) is 26.4. The summed E-state index contributed by atoms with van der Waals surface area (Å²) in [5, 5.41) is 8.26. The predicted molar refractivity (Wildman–Crippen MR) is 133 cm³/mol. The van der Waals surface area contributed by atoms with Gasteiger partial charge in [-0.1, -0.05) is 19.9 Å². The number of carbonyl (C=O) groups is 4. The summed E-state index contributed by atoms with van der Waals surface area (Å²) in [6, 6.07) is 7.09. The van der Waals surface area contributed by atoms with E-state index in [-0.39, 0.29) is 18.4 Å². The molecule has 0 aliphatic carbocycles. The number of anilines is 1. The number of benzene rings is 1. The van der Waals surface area contributed by atoms with E-state index in [1.165, 1.54) is 19.1 Å². The molecular formula is C25H33N5O6. The molecule has 1 aliphatic heterocycles. The molecular weight excluding hydrogens is 466 g/mol. The van der Waals surface area contributed by atoms with Crippen LogP contribution in [-0.2, 0) is 21.4 Å². The van der Waals surface area contributed by atoms with Crippen LogP contribution in [-0.4, -0.2) is 72.2 Å². The number of aryl methyl sites for hydroxylation is 1. The number of nitrogens with one attached hydrogen (secondary N) is 3. The molecule has 11 nitrogen and oxygen atoms in total. The molecule has 3 unspecified atom stereocenters. The van der Waals surface area contributed by atoms with Crippen molar-refractivity contribution in [3.05, 3.63) is 48.3 Å². The number of amides is 4. The topological polar surface area (TPSA) is 131 Å². The van der Waals surface area contributed by atoms with E-state index < -0.39 is 36.0 Å². The average molecular weight is 500 g/mol. The van der Waals surface area contributed by atoms with Crippen LogP contribution in [0.1, 0.15) is 30.8 Å². The summed E-state index contributed by atoms with van der Waals surface area (Å²) in [6.45, 7) is 3.80. The number of carbonyl (C=O) groups excluding carboxylic acids is 4. The van der Waals surface area contributed by atoms with Gasteiger partial charge in [-0.3, -0.25) is 9.59 Å². The van der Waals surface area contributed by atoms with Crippen molar-refractivity contribution in [1.29, 1.82) is 0 Å². The Bertz CT molecular complexity index is 1110. The number of ether oxygens (including phenoxy) is 2. The van der Waals surface area contributed by atoms with Crippen molar-refractivity contribution in [2.45, 2.75) is 38.4 Å². The Balaban J connectivity index is 1.83. The number of hydrogen-bond acceptors (Lipinski definition) is 6. The maximum Gasteiger partial charge on any atom is 0.328 e. The molecule has 194 valence electrons. The number of likely N-dealkylation sites (tertiary alicyclic amines) is 1. The first-order valence-corrected chi connectivity index (χ1v) is 11.7. The number of methoxy groups -OCH3 is 2. The highest BCUT2D eigenvalue weighted by molar-refractivity contribution is 5.99. The summed E-state index contributed by atoms with van der Waals surface area (Å²) < 4.78 is 11.7. The fourth-order valence-electron chi connectivity index (χ4n) is 4.23. The molecule has 1 saturated heterocycles. The van der Waals surface area contributed by atoms with E-state index in [2.05, 4.69) is 16.0 Å². The second-order valence-corrected chi connectivity index (χ2v) is 8.93. The highest BCUT2D eigenvalue weighted by atomic mass is 16.5. The molecule has 0 saturated carbocycles. The number of aromatic nitrogens is 1. The van der Waals surface area contributed by atoms with Gasteiger partial charge in [0.15, 0.2) is 0 Å². The minimum Gasteiger partial charge on any atom is -0.497 e. The van der Waals surface area contributed by atoms with Crippen molar-refractivity contribution in [2.24, 2.45) is 13.0 Å². The SMILES string of the molecule is COC(=O)C(NC(=O)C1C(NC(=O)Nc2cccc(OC)c2)CCN1C(=O)c1cccn1C)C(C)C. The zero-order valence-corrected chi connectivity index (χ0v) is 21.1. The molecule has 0 bridgehead atoms. The third kappa shape index (κ3) is 5.96. The Morgan fingerprint density at radius 2 is 1.83 bits per heavy atom. The molecule has 11 heteroatoms. The van der Waals surface area contributed by atoms with Gasteiger partial charge < -0.3 is 34.9 Å². The Morgan fingerprint density at radius 1 is 1.08 bits per heavy atom. The molecule has 2 heterocycles. The quantitative estimate of drug-likeness (QED) is 0.475. The lowest BCUT2D eigenvalue weighted by Gasteiger charge is -2.30. The zero-order valence-electron chi connectivity index (χ0n) is 21.1. The summed E-state index contributed by atoms with van der Waals surface area (Å²) in [6.07, 6.45) is 2.09. The largest absolute Gasteiger partial charge is 0.497 e. The van der Waals surface area contributed by atoms with Crippen molar-refractivity contribution in [1.82, 2.24) is 20.1 Å². The van der Waals surface area contributed by atoms with Crippen LogP contribution in [0.4, 0.5) is 10.5 Å². The van der Waals surface area contributed by atoms with Crippen molar-refractivity contribution in [2.75, 3.05) is 26.1 Å². The molecule has 3 N–H and O–H groups in total. The lowest BCUT2D eigenvalue weighted by molar-refractivity contribution is -0.146. The lowest BCUT2D eigenvalue weighted by Crippen LogP contribution is -2.58. The number of rotatable bonds is 8. The van der Waals surface area contributed by atoms with Crippen LogP contribution in [0.3, 0.4) is 0 Å². The number of nitrogens with zero attached hydrogens (tertiary/aromatic N) is 2. The summed E-state index contributed by atoms with van der Waals surface area (Å²) in [4.78, 5) is 53.3. The number of esters is 1. The fourth-order valence-corrected chi connectivity index (χ4v) is 4.23. The minimum absolute atomic E-state index is 0.247. The van der Waals surface area contributed by atoms with E-state index in [9.17, 15) is 19.2 Å². The first kappa shape index (κ1) is 26.6. The van der Waals surface area contributed by atoms with Crippen molar-refractivity contribution < 1.29 is 28.7 Å². The smallest absolute Gasteiger partial charge is 0.328 e. The highest BCUT2D eigenvalue weighted by Crippen LogP contribution is 2.23. The van der Waals surface area contributed by atoms with E-state index in [4.69, 9.17) is 9.47 Å². The monoisotopic (exact) mass is 499 g/mol. The van der Waals surface area contributed by atoms with Gasteiger partial charge in [0.1, 0.15) is 23.5 Å².